The molecule has 0 aromatic carbocycles. The molecule has 0 aliphatic carbocycles. The zero-order chi connectivity index (χ0) is 21.6. The molecule has 3 heterocycles. The van der Waals surface area contributed by atoms with E-state index in [1.807, 2.05) is 27.7 Å². The number of fused-ring (bicyclic) bond motifs is 1. The molecule has 3 saturated heterocycles. The van der Waals surface area contributed by atoms with Crippen molar-refractivity contribution in [3.63, 3.8) is 0 Å². The maximum atomic E-state index is 13.6. The highest BCUT2D eigenvalue weighted by molar-refractivity contribution is 5.99. The molecule has 8 nitrogen and oxygen atoms in total. The Morgan fingerprint density at radius 3 is 2.48 bits per heavy atom. The zero-order valence-corrected chi connectivity index (χ0v) is 18.2. The maximum absolute atomic E-state index is 13.6. The number of aliphatic hydroxyl groups is 1. The van der Waals surface area contributed by atoms with Crippen molar-refractivity contribution in [1.29, 1.82) is 0 Å². The molecule has 3 rings (SSSR count). The molecule has 3 N–H and O–H groups in total. The summed E-state index contributed by atoms with van der Waals surface area (Å²) in [4.78, 5) is 41.4. The summed E-state index contributed by atoms with van der Waals surface area (Å²) >= 11 is 0. The molecule has 29 heavy (non-hydrogen) atoms. The van der Waals surface area contributed by atoms with Crippen LogP contribution in [-0.4, -0.2) is 70.7 Å². The van der Waals surface area contributed by atoms with Crippen molar-refractivity contribution in [3.8, 4) is 0 Å². The smallest absolute Gasteiger partial charge is 0.246 e. The number of rotatable bonds is 7. The van der Waals surface area contributed by atoms with Crippen molar-refractivity contribution in [3.05, 3.63) is 0 Å². The van der Waals surface area contributed by atoms with Crippen molar-refractivity contribution in [2.75, 3.05) is 20.2 Å². The van der Waals surface area contributed by atoms with Crippen LogP contribution in [0.25, 0.3) is 0 Å². The lowest BCUT2D eigenvalue weighted by atomic mass is 9.65. The van der Waals surface area contributed by atoms with Gasteiger partial charge in [0.05, 0.1) is 17.4 Å². The molecule has 164 valence electrons. The predicted molar refractivity (Wildman–Crippen MR) is 107 cm³/mol. The van der Waals surface area contributed by atoms with Crippen molar-refractivity contribution in [2.45, 2.75) is 82.6 Å². The lowest BCUT2D eigenvalue weighted by Gasteiger charge is -2.35. The Balaban J connectivity index is 2.03. The number of carbonyl (C=O) groups is 3. The Bertz CT molecular complexity index is 690. The number of amides is 3. The molecule has 3 fully saturated rings. The van der Waals surface area contributed by atoms with Gasteiger partial charge in [-0.05, 0) is 52.9 Å². The van der Waals surface area contributed by atoms with E-state index in [4.69, 9.17) is 9.84 Å². The van der Waals surface area contributed by atoms with Crippen molar-refractivity contribution in [2.24, 2.45) is 11.8 Å². The Hall–Kier alpha value is -1.67. The first-order chi connectivity index (χ1) is 13.6. The lowest BCUT2D eigenvalue weighted by molar-refractivity contribution is -0.148. The summed E-state index contributed by atoms with van der Waals surface area (Å²) in [6.07, 6.45) is 3.01. The third kappa shape index (κ3) is 3.34. The molecule has 8 heteroatoms. The lowest BCUT2D eigenvalue weighted by Crippen LogP contribution is -2.58. The Kier molecular flexibility index (Phi) is 5.73. The minimum Gasteiger partial charge on any atom is -0.396 e. The van der Waals surface area contributed by atoms with Gasteiger partial charge in [0.15, 0.2) is 0 Å². The van der Waals surface area contributed by atoms with E-state index in [1.54, 1.807) is 11.9 Å². The monoisotopic (exact) mass is 409 g/mol. The van der Waals surface area contributed by atoms with E-state index in [9.17, 15) is 14.4 Å². The molecule has 3 amide bonds. The van der Waals surface area contributed by atoms with Crippen LogP contribution in [0.4, 0.5) is 0 Å². The highest BCUT2D eigenvalue weighted by atomic mass is 16.5. The van der Waals surface area contributed by atoms with Gasteiger partial charge in [0.25, 0.3) is 0 Å². The summed E-state index contributed by atoms with van der Waals surface area (Å²) in [6.45, 7) is 8.08. The molecule has 2 bridgehead atoms. The van der Waals surface area contributed by atoms with Gasteiger partial charge in [0.2, 0.25) is 17.7 Å². The summed E-state index contributed by atoms with van der Waals surface area (Å²) in [5.74, 6) is -1.85. The largest absolute Gasteiger partial charge is 0.396 e. The van der Waals surface area contributed by atoms with Gasteiger partial charge in [-0.1, -0.05) is 6.92 Å². The van der Waals surface area contributed by atoms with Crippen LogP contribution in [0.1, 0.15) is 59.8 Å². The van der Waals surface area contributed by atoms with E-state index in [1.165, 1.54) is 0 Å². The van der Waals surface area contributed by atoms with Crippen molar-refractivity contribution in [1.82, 2.24) is 15.5 Å². The van der Waals surface area contributed by atoms with Crippen LogP contribution in [0.3, 0.4) is 0 Å². The van der Waals surface area contributed by atoms with Gasteiger partial charge >= 0.3 is 0 Å². The Morgan fingerprint density at radius 1 is 1.24 bits per heavy atom. The van der Waals surface area contributed by atoms with Crippen molar-refractivity contribution < 1.29 is 24.2 Å². The molecule has 3 aliphatic rings. The zero-order valence-electron chi connectivity index (χ0n) is 18.2. The molecule has 0 aromatic heterocycles. The molecule has 5 atom stereocenters. The third-order valence-electron chi connectivity index (χ3n) is 6.76. The number of unbranched alkanes of at least 4 members (excludes halogenated alkanes) is 1. The van der Waals surface area contributed by atoms with Gasteiger partial charge in [-0.15, -0.1) is 0 Å². The number of aliphatic hydroxyl groups excluding tert-OH is 1. The number of hydrogen-bond acceptors (Lipinski definition) is 5. The average Bonchev–Trinajstić information content (AvgIpc) is 3.24. The fourth-order valence-corrected chi connectivity index (χ4v) is 5.64. The summed E-state index contributed by atoms with van der Waals surface area (Å²) in [7, 11) is 1.58. The molecule has 1 spiro atoms. The topological polar surface area (TPSA) is 108 Å². The highest BCUT2D eigenvalue weighted by Crippen LogP contribution is 2.64. The van der Waals surface area contributed by atoms with Crippen LogP contribution in [0, 0.1) is 11.8 Å². The van der Waals surface area contributed by atoms with Crippen LogP contribution < -0.4 is 10.6 Å². The molecule has 0 radical (unpaired) electrons. The number of carbonyl (C=O) groups excluding carboxylic acids is 3. The fourth-order valence-electron chi connectivity index (χ4n) is 5.64. The summed E-state index contributed by atoms with van der Waals surface area (Å²) in [5.41, 5.74) is -2.12. The van der Waals surface area contributed by atoms with Gasteiger partial charge in [-0.25, -0.2) is 0 Å². The van der Waals surface area contributed by atoms with Gasteiger partial charge < -0.3 is 25.4 Å². The highest BCUT2D eigenvalue weighted by Gasteiger charge is 2.78. The molecular weight excluding hydrogens is 374 g/mol. The first kappa shape index (κ1) is 22.0. The van der Waals surface area contributed by atoms with Crippen LogP contribution in [0.2, 0.25) is 0 Å². The summed E-state index contributed by atoms with van der Waals surface area (Å²) in [5, 5.41) is 14.9. The maximum Gasteiger partial charge on any atom is 0.246 e. The quantitative estimate of drug-likeness (QED) is 0.533. The number of nitrogens with zero attached hydrogens (tertiary/aromatic N) is 1. The molecule has 2 unspecified atom stereocenters. The van der Waals surface area contributed by atoms with Crippen LogP contribution >= 0.6 is 0 Å². The molecule has 0 aromatic rings. The van der Waals surface area contributed by atoms with Gasteiger partial charge in [-0.3, -0.25) is 14.4 Å². The minimum atomic E-state index is -0.973. The van der Waals surface area contributed by atoms with Crippen LogP contribution in [-0.2, 0) is 19.1 Å². The number of hydrogen-bond donors (Lipinski definition) is 3. The van der Waals surface area contributed by atoms with Gasteiger partial charge in [0.1, 0.15) is 11.6 Å². The second-order valence-electron chi connectivity index (χ2n) is 9.65. The van der Waals surface area contributed by atoms with Gasteiger partial charge in [0, 0.05) is 25.7 Å². The van der Waals surface area contributed by atoms with E-state index in [-0.39, 0.29) is 24.3 Å². The standard InChI is InChI=1S/C21H35N3O5/c1-6-20-9-10-21(29-20)14(13(20)16(26)22-5)18(28)24(11-7-8-12-25)15(21)17(27)23-19(2,3)4/h13-15,25H,6-12H2,1-5H3,(H,22,26)(H,23,27)/t13-,14-,15?,20+,21?/m0/s1. The normalized spacial score (nSPS) is 35.7. The number of likely N-dealkylation sites (tertiary alicyclic amines) is 1. The van der Waals surface area contributed by atoms with E-state index in [2.05, 4.69) is 10.6 Å². The van der Waals surface area contributed by atoms with E-state index in [0.29, 0.717) is 38.6 Å². The predicted octanol–water partition coefficient (Wildman–Crippen LogP) is 0.574. The molecule has 3 aliphatic heterocycles. The summed E-state index contributed by atoms with van der Waals surface area (Å²) in [6, 6.07) is -0.763. The molecule has 0 saturated carbocycles. The number of nitrogens with one attached hydrogen (secondary N) is 2. The average molecular weight is 410 g/mol. The SMILES string of the molecule is CC[C@]12CCC3(O1)C(C(=O)NC(C)(C)C)N(CCCCO)C(=O)[C@@H]3[C@H]2C(=O)NC. The Labute approximate surface area is 172 Å². The fraction of sp³-hybridized carbons (Fsp3) is 0.857. The second kappa shape index (κ2) is 7.54. The first-order valence-corrected chi connectivity index (χ1v) is 10.7. The van der Waals surface area contributed by atoms with Crippen LogP contribution in [0.5, 0.6) is 0 Å². The minimum absolute atomic E-state index is 0.0335. The van der Waals surface area contributed by atoms with Crippen molar-refractivity contribution >= 4 is 17.7 Å². The van der Waals surface area contributed by atoms with Crippen LogP contribution in [0.15, 0.2) is 0 Å². The number of ether oxygens (including phenoxy) is 1. The Morgan fingerprint density at radius 2 is 1.93 bits per heavy atom. The third-order valence-corrected chi connectivity index (χ3v) is 6.76. The first-order valence-electron chi connectivity index (χ1n) is 10.7. The summed E-state index contributed by atoms with van der Waals surface area (Å²) < 4.78 is 6.58. The van der Waals surface area contributed by atoms with E-state index < -0.39 is 34.6 Å². The van der Waals surface area contributed by atoms with E-state index in [0.717, 1.165) is 0 Å². The second-order valence-corrected chi connectivity index (χ2v) is 9.65. The van der Waals surface area contributed by atoms with E-state index >= 15 is 0 Å². The molecular formula is C21H35N3O5. The van der Waals surface area contributed by atoms with Gasteiger partial charge in [-0.2, -0.15) is 0 Å².